The summed E-state index contributed by atoms with van der Waals surface area (Å²) in [5.41, 5.74) is 1.41. The van der Waals surface area contributed by atoms with Crippen molar-refractivity contribution >= 4 is 17.6 Å². The molecule has 4 heteroatoms. The van der Waals surface area contributed by atoms with E-state index in [0.717, 1.165) is 5.56 Å². The van der Waals surface area contributed by atoms with E-state index in [-0.39, 0.29) is 18.2 Å². The Morgan fingerprint density at radius 1 is 1.56 bits per heavy atom. The highest BCUT2D eigenvalue weighted by atomic mass is 35.5. The van der Waals surface area contributed by atoms with Gasteiger partial charge in [0.2, 0.25) is 0 Å². The number of hydrogen-bond donors (Lipinski definition) is 1. The second-order valence-electron chi connectivity index (χ2n) is 4.05. The molecule has 1 aromatic carbocycles. The number of carbonyl (C=O) groups excluding carboxylic acids is 1. The molecule has 1 aromatic rings. The summed E-state index contributed by atoms with van der Waals surface area (Å²) in [6.07, 6.45) is 0.627. The molecule has 2 rings (SSSR count). The lowest BCUT2D eigenvalue weighted by molar-refractivity contribution is 0.0333. The Labute approximate surface area is 99.0 Å². The summed E-state index contributed by atoms with van der Waals surface area (Å²) in [4.78, 5) is 11.5. The van der Waals surface area contributed by atoms with Gasteiger partial charge >= 0.3 is 5.97 Å². The highest BCUT2D eigenvalue weighted by Crippen LogP contribution is 2.35. The zero-order valence-electron chi connectivity index (χ0n) is 8.94. The molecule has 0 radical (unpaired) electrons. The molecule has 3 nitrogen and oxygen atoms in total. The summed E-state index contributed by atoms with van der Waals surface area (Å²) in [6, 6.07) is 5.19. The van der Waals surface area contributed by atoms with Crippen LogP contribution in [0.2, 0.25) is 5.02 Å². The molecule has 0 bridgehead atoms. The topological polar surface area (TPSA) is 46.5 Å². The number of cyclic esters (lactones) is 1. The standard InChI is InChI=1S/C12H13ClO3/c1-7(14)2-5-11-9-4-3-8(13)6-10(9)12(15)16-11/h3-4,6-7,11,14H,2,5H2,1H3. The number of halogens is 1. The second kappa shape index (κ2) is 4.44. The lowest BCUT2D eigenvalue weighted by Crippen LogP contribution is -2.05. The minimum atomic E-state index is -0.380. The zero-order valence-corrected chi connectivity index (χ0v) is 9.70. The summed E-state index contributed by atoms with van der Waals surface area (Å²) in [6.45, 7) is 1.72. The molecule has 16 heavy (non-hydrogen) atoms. The van der Waals surface area contributed by atoms with E-state index >= 15 is 0 Å². The third-order valence-corrected chi connectivity index (χ3v) is 2.91. The number of rotatable bonds is 3. The maximum atomic E-state index is 11.5. The van der Waals surface area contributed by atoms with E-state index in [1.165, 1.54) is 0 Å². The third kappa shape index (κ3) is 2.20. The van der Waals surface area contributed by atoms with Crippen LogP contribution in [0.3, 0.4) is 0 Å². The van der Waals surface area contributed by atoms with E-state index in [1.54, 1.807) is 19.1 Å². The van der Waals surface area contributed by atoms with Crippen molar-refractivity contribution in [2.75, 3.05) is 0 Å². The second-order valence-corrected chi connectivity index (χ2v) is 4.49. The van der Waals surface area contributed by atoms with Crippen LogP contribution in [0, 0.1) is 0 Å². The van der Waals surface area contributed by atoms with E-state index in [0.29, 0.717) is 23.4 Å². The summed E-state index contributed by atoms with van der Waals surface area (Å²) in [7, 11) is 0. The number of hydrogen-bond acceptors (Lipinski definition) is 3. The number of ether oxygens (including phenoxy) is 1. The van der Waals surface area contributed by atoms with E-state index in [1.807, 2.05) is 6.07 Å². The third-order valence-electron chi connectivity index (χ3n) is 2.68. The first kappa shape index (κ1) is 11.4. The smallest absolute Gasteiger partial charge is 0.339 e. The van der Waals surface area contributed by atoms with Crippen molar-refractivity contribution in [3.8, 4) is 0 Å². The van der Waals surface area contributed by atoms with Gasteiger partial charge in [0.15, 0.2) is 0 Å². The van der Waals surface area contributed by atoms with Gasteiger partial charge in [0, 0.05) is 10.6 Å². The van der Waals surface area contributed by atoms with Crippen LogP contribution in [0.5, 0.6) is 0 Å². The molecule has 0 amide bonds. The fourth-order valence-corrected chi connectivity index (χ4v) is 2.02. The molecule has 2 unspecified atom stereocenters. The van der Waals surface area contributed by atoms with Crippen LogP contribution in [-0.2, 0) is 4.74 Å². The number of esters is 1. The Hall–Kier alpha value is -1.06. The quantitative estimate of drug-likeness (QED) is 0.827. The summed E-state index contributed by atoms with van der Waals surface area (Å²) < 4.78 is 5.23. The fraction of sp³-hybridized carbons (Fsp3) is 0.417. The first-order chi connectivity index (χ1) is 7.58. The van der Waals surface area contributed by atoms with Gasteiger partial charge in [-0.1, -0.05) is 17.7 Å². The predicted octanol–water partition coefficient (Wildman–Crippen LogP) is 2.71. The minimum absolute atomic E-state index is 0.241. The molecule has 1 aliphatic rings. The number of aliphatic hydroxyl groups is 1. The zero-order chi connectivity index (χ0) is 11.7. The van der Waals surface area contributed by atoms with Crippen LogP contribution in [0.1, 0.15) is 41.8 Å². The van der Waals surface area contributed by atoms with Crippen LogP contribution in [0.25, 0.3) is 0 Å². The van der Waals surface area contributed by atoms with Gasteiger partial charge in [0.25, 0.3) is 0 Å². The lowest BCUT2D eigenvalue weighted by atomic mass is 10.0. The number of benzene rings is 1. The molecule has 1 N–H and O–H groups in total. The van der Waals surface area contributed by atoms with Crippen LogP contribution < -0.4 is 0 Å². The molecule has 0 spiro atoms. The van der Waals surface area contributed by atoms with Crippen molar-refractivity contribution < 1.29 is 14.6 Å². The fourth-order valence-electron chi connectivity index (χ4n) is 1.85. The van der Waals surface area contributed by atoms with Crippen molar-refractivity contribution in [1.29, 1.82) is 0 Å². The molecule has 1 heterocycles. The van der Waals surface area contributed by atoms with E-state index in [4.69, 9.17) is 16.3 Å². The molecular formula is C12H13ClO3. The van der Waals surface area contributed by atoms with E-state index in [9.17, 15) is 9.90 Å². The Morgan fingerprint density at radius 2 is 2.31 bits per heavy atom. The summed E-state index contributed by atoms with van der Waals surface area (Å²) >= 11 is 5.82. The number of aliphatic hydroxyl groups excluding tert-OH is 1. The molecular weight excluding hydrogens is 228 g/mol. The Morgan fingerprint density at radius 3 is 3.00 bits per heavy atom. The normalized spacial score (nSPS) is 20.4. The summed E-state index contributed by atoms with van der Waals surface area (Å²) in [5.74, 6) is -0.326. The van der Waals surface area contributed by atoms with Crippen LogP contribution >= 0.6 is 11.6 Å². The molecule has 0 aliphatic carbocycles. The van der Waals surface area contributed by atoms with Crippen LogP contribution in [-0.4, -0.2) is 17.2 Å². The largest absolute Gasteiger partial charge is 0.454 e. The maximum absolute atomic E-state index is 11.5. The highest BCUT2D eigenvalue weighted by Gasteiger charge is 2.30. The SMILES string of the molecule is CC(O)CCC1OC(=O)c2cc(Cl)ccc21. The van der Waals surface area contributed by atoms with Crippen molar-refractivity contribution in [2.45, 2.75) is 32.0 Å². The molecule has 86 valence electrons. The number of fused-ring (bicyclic) bond motifs is 1. The average Bonchev–Trinajstić information content (AvgIpc) is 2.53. The van der Waals surface area contributed by atoms with Gasteiger partial charge in [-0.25, -0.2) is 4.79 Å². The van der Waals surface area contributed by atoms with Crippen molar-refractivity contribution in [3.63, 3.8) is 0 Å². The predicted molar refractivity (Wildman–Crippen MR) is 60.5 cm³/mol. The van der Waals surface area contributed by atoms with Crippen molar-refractivity contribution in [3.05, 3.63) is 34.3 Å². The molecule has 1 aliphatic heterocycles. The molecule has 0 saturated carbocycles. The average molecular weight is 241 g/mol. The van der Waals surface area contributed by atoms with Gasteiger partial charge < -0.3 is 9.84 Å². The van der Waals surface area contributed by atoms with Gasteiger partial charge in [0.05, 0.1) is 11.7 Å². The van der Waals surface area contributed by atoms with Gasteiger partial charge in [-0.05, 0) is 31.9 Å². The maximum Gasteiger partial charge on any atom is 0.339 e. The highest BCUT2D eigenvalue weighted by molar-refractivity contribution is 6.31. The van der Waals surface area contributed by atoms with E-state index in [2.05, 4.69) is 0 Å². The first-order valence-corrected chi connectivity index (χ1v) is 5.64. The van der Waals surface area contributed by atoms with Crippen molar-refractivity contribution in [2.24, 2.45) is 0 Å². The molecule has 2 atom stereocenters. The van der Waals surface area contributed by atoms with Crippen LogP contribution in [0.15, 0.2) is 18.2 Å². The molecule has 0 saturated heterocycles. The molecule has 0 aromatic heterocycles. The first-order valence-electron chi connectivity index (χ1n) is 5.26. The van der Waals surface area contributed by atoms with Crippen LogP contribution in [0.4, 0.5) is 0 Å². The number of carbonyl (C=O) groups is 1. The van der Waals surface area contributed by atoms with E-state index < -0.39 is 0 Å². The summed E-state index contributed by atoms with van der Waals surface area (Å²) in [5, 5.41) is 9.74. The van der Waals surface area contributed by atoms with Gasteiger partial charge in [0.1, 0.15) is 6.10 Å². The monoisotopic (exact) mass is 240 g/mol. The Balaban J connectivity index is 2.19. The van der Waals surface area contributed by atoms with Gasteiger partial charge in [-0.3, -0.25) is 0 Å². The lowest BCUT2D eigenvalue weighted by Gasteiger charge is -2.11. The van der Waals surface area contributed by atoms with Crippen molar-refractivity contribution in [1.82, 2.24) is 0 Å². The van der Waals surface area contributed by atoms with Gasteiger partial charge in [-0.2, -0.15) is 0 Å². The molecule has 0 fully saturated rings. The Kier molecular flexibility index (Phi) is 3.17. The Bertz CT molecular complexity index is 415. The minimum Gasteiger partial charge on any atom is -0.454 e. The van der Waals surface area contributed by atoms with Gasteiger partial charge in [-0.15, -0.1) is 0 Å².